The quantitative estimate of drug-likeness (QED) is 0.858. The molecular formula is C13H18FNO2. The van der Waals surface area contributed by atoms with Gasteiger partial charge in [-0.3, -0.25) is 4.79 Å². The first-order chi connectivity index (χ1) is 7.99. The van der Waals surface area contributed by atoms with Gasteiger partial charge in [0.25, 0.3) is 5.91 Å². The number of hydrogen-bond acceptors (Lipinski definition) is 2. The summed E-state index contributed by atoms with van der Waals surface area (Å²) >= 11 is 0. The van der Waals surface area contributed by atoms with E-state index >= 15 is 0 Å². The Kier molecular flexibility index (Phi) is 5.10. The van der Waals surface area contributed by atoms with Crippen molar-refractivity contribution < 1.29 is 13.9 Å². The number of nitrogens with one attached hydrogen (secondary N) is 1. The molecule has 0 aliphatic rings. The fourth-order valence-electron chi connectivity index (χ4n) is 1.22. The van der Waals surface area contributed by atoms with Gasteiger partial charge in [0.2, 0.25) is 0 Å². The molecule has 0 bridgehead atoms. The molecule has 0 aliphatic carbocycles. The van der Waals surface area contributed by atoms with Crippen LogP contribution in [-0.2, 0) is 9.53 Å². The smallest absolute Gasteiger partial charge is 0.253 e. The average Bonchev–Trinajstić information content (AvgIpc) is 2.25. The lowest BCUT2D eigenvalue weighted by molar-refractivity contribution is -0.126. The molecule has 3 nitrogen and oxygen atoms in total. The molecule has 1 aromatic rings. The van der Waals surface area contributed by atoms with Crippen molar-refractivity contribution in [2.75, 3.05) is 11.9 Å². The Labute approximate surface area is 101 Å². The Morgan fingerprint density at radius 2 is 2.12 bits per heavy atom. The molecule has 0 heterocycles. The molecule has 1 aromatic carbocycles. The Hall–Kier alpha value is -1.42. The minimum Gasteiger partial charge on any atom is -0.368 e. The summed E-state index contributed by atoms with van der Waals surface area (Å²) < 4.78 is 18.3. The molecule has 0 spiro atoms. The van der Waals surface area contributed by atoms with E-state index in [9.17, 15) is 9.18 Å². The largest absolute Gasteiger partial charge is 0.368 e. The van der Waals surface area contributed by atoms with Crippen LogP contribution in [0.3, 0.4) is 0 Å². The van der Waals surface area contributed by atoms with Crippen molar-refractivity contribution in [1.82, 2.24) is 0 Å². The summed E-state index contributed by atoms with van der Waals surface area (Å²) in [6, 6.07) is 5.78. The average molecular weight is 239 g/mol. The van der Waals surface area contributed by atoms with Gasteiger partial charge in [-0.05, 0) is 31.0 Å². The van der Waals surface area contributed by atoms with Gasteiger partial charge in [0, 0.05) is 12.3 Å². The van der Waals surface area contributed by atoms with E-state index in [4.69, 9.17) is 4.74 Å². The Morgan fingerprint density at radius 3 is 2.71 bits per heavy atom. The normalized spacial score (nSPS) is 12.5. The number of carbonyl (C=O) groups excluding carboxylic acids is 1. The van der Waals surface area contributed by atoms with E-state index < -0.39 is 6.10 Å². The number of carbonyl (C=O) groups is 1. The van der Waals surface area contributed by atoms with Gasteiger partial charge in [0.05, 0.1) is 0 Å². The summed E-state index contributed by atoms with van der Waals surface area (Å²) in [5, 5.41) is 2.60. The van der Waals surface area contributed by atoms with E-state index in [2.05, 4.69) is 5.32 Å². The van der Waals surface area contributed by atoms with Crippen LogP contribution < -0.4 is 5.32 Å². The van der Waals surface area contributed by atoms with Crippen LogP contribution in [-0.4, -0.2) is 18.6 Å². The highest BCUT2D eigenvalue weighted by Gasteiger charge is 2.14. The van der Waals surface area contributed by atoms with Crippen molar-refractivity contribution in [3.8, 4) is 0 Å². The molecule has 4 heteroatoms. The van der Waals surface area contributed by atoms with Crippen molar-refractivity contribution in [3.05, 3.63) is 30.1 Å². The molecule has 1 rings (SSSR count). The number of hydrogen-bond donors (Lipinski definition) is 1. The van der Waals surface area contributed by atoms with Crippen molar-refractivity contribution in [2.45, 2.75) is 26.9 Å². The second kappa shape index (κ2) is 6.35. The Morgan fingerprint density at radius 1 is 1.41 bits per heavy atom. The lowest BCUT2D eigenvalue weighted by Gasteiger charge is -2.14. The SMILES string of the molecule is CC(C)COC(C)C(=O)Nc1cccc(F)c1. The molecule has 0 radical (unpaired) electrons. The zero-order chi connectivity index (χ0) is 12.8. The summed E-state index contributed by atoms with van der Waals surface area (Å²) in [5.41, 5.74) is 0.440. The summed E-state index contributed by atoms with van der Waals surface area (Å²) in [5.74, 6) is -0.269. The number of amides is 1. The van der Waals surface area contributed by atoms with E-state index in [0.29, 0.717) is 18.2 Å². The Bertz CT molecular complexity index is 379. The fraction of sp³-hybridized carbons (Fsp3) is 0.462. The van der Waals surface area contributed by atoms with Crippen molar-refractivity contribution >= 4 is 11.6 Å². The third kappa shape index (κ3) is 4.95. The van der Waals surface area contributed by atoms with Crippen LogP contribution in [0.5, 0.6) is 0 Å². The highest BCUT2D eigenvalue weighted by Crippen LogP contribution is 2.10. The summed E-state index contributed by atoms with van der Waals surface area (Å²) in [6.45, 7) is 6.23. The van der Waals surface area contributed by atoms with Crippen LogP contribution in [0, 0.1) is 11.7 Å². The van der Waals surface area contributed by atoms with Crippen LogP contribution in [0.4, 0.5) is 10.1 Å². The second-order valence-corrected chi connectivity index (χ2v) is 4.37. The molecule has 0 aliphatic heterocycles. The van der Waals surface area contributed by atoms with E-state index in [1.54, 1.807) is 19.1 Å². The van der Waals surface area contributed by atoms with Gasteiger partial charge in [-0.2, -0.15) is 0 Å². The van der Waals surface area contributed by atoms with Gasteiger partial charge >= 0.3 is 0 Å². The van der Waals surface area contributed by atoms with Crippen molar-refractivity contribution in [1.29, 1.82) is 0 Å². The molecule has 0 aromatic heterocycles. The van der Waals surface area contributed by atoms with Gasteiger partial charge in [-0.1, -0.05) is 19.9 Å². The van der Waals surface area contributed by atoms with Gasteiger partial charge in [-0.15, -0.1) is 0 Å². The van der Waals surface area contributed by atoms with Gasteiger partial charge < -0.3 is 10.1 Å². The molecule has 1 unspecified atom stereocenters. The highest BCUT2D eigenvalue weighted by atomic mass is 19.1. The van der Waals surface area contributed by atoms with Crippen LogP contribution in [0.15, 0.2) is 24.3 Å². The van der Waals surface area contributed by atoms with Crippen LogP contribution in [0.2, 0.25) is 0 Å². The predicted octanol–water partition coefficient (Wildman–Crippen LogP) is 2.83. The molecule has 0 saturated carbocycles. The van der Waals surface area contributed by atoms with Gasteiger partial charge in [0.15, 0.2) is 0 Å². The monoisotopic (exact) mass is 239 g/mol. The molecule has 0 fully saturated rings. The molecule has 1 amide bonds. The molecule has 1 N–H and O–H groups in total. The third-order valence-corrected chi connectivity index (χ3v) is 2.14. The number of halogens is 1. The maximum absolute atomic E-state index is 12.9. The molecule has 0 saturated heterocycles. The zero-order valence-corrected chi connectivity index (χ0v) is 10.4. The second-order valence-electron chi connectivity index (χ2n) is 4.37. The first-order valence-corrected chi connectivity index (χ1v) is 5.67. The lowest BCUT2D eigenvalue weighted by Crippen LogP contribution is -2.28. The van der Waals surface area contributed by atoms with Crippen LogP contribution >= 0.6 is 0 Å². The van der Waals surface area contributed by atoms with E-state index in [1.807, 2.05) is 13.8 Å². The topological polar surface area (TPSA) is 38.3 Å². The van der Waals surface area contributed by atoms with Crippen LogP contribution in [0.1, 0.15) is 20.8 Å². The first kappa shape index (κ1) is 13.6. The van der Waals surface area contributed by atoms with Crippen molar-refractivity contribution in [3.63, 3.8) is 0 Å². The third-order valence-electron chi connectivity index (χ3n) is 2.14. The Balaban J connectivity index is 2.48. The van der Waals surface area contributed by atoms with Gasteiger partial charge in [-0.25, -0.2) is 4.39 Å². The number of anilines is 1. The summed E-state index contributed by atoms with van der Waals surface area (Å²) in [4.78, 5) is 11.7. The van der Waals surface area contributed by atoms with E-state index in [-0.39, 0.29) is 11.7 Å². The fourth-order valence-corrected chi connectivity index (χ4v) is 1.22. The number of rotatable bonds is 5. The molecule has 17 heavy (non-hydrogen) atoms. The maximum atomic E-state index is 12.9. The predicted molar refractivity (Wildman–Crippen MR) is 65.3 cm³/mol. The van der Waals surface area contributed by atoms with Crippen molar-refractivity contribution in [2.24, 2.45) is 5.92 Å². The standard InChI is InChI=1S/C13H18FNO2/c1-9(2)8-17-10(3)13(16)15-12-6-4-5-11(14)7-12/h4-7,9-10H,8H2,1-3H3,(H,15,16). The summed E-state index contributed by atoms with van der Waals surface area (Å²) in [7, 11) is 0. The number of ether oxygens (including phenoxy) is 1. The minimum absolute atomic E-state index is 0.267. The van der Waals surface area contributed by atoms with E-state index in [1.165, 1.54) is 12.1 Å². The highest BCUT2D eigenvalue weighted by molar-refractivity contribution is 5.93. The first-order valence-electron chi connectivity index (χ1n) is 5.67. The van der Waals surface area contributed by atoms with Gasteiger partial charge in [0.1, 0.15) is 11.9 Å². The zero-order valence-electron chi connectivity index (χ0n) is 10.4. The number of benzene rings is 1. The van der Waals surface area contributed by atoms with Crippen LogP contribution in [0.25, 0.3) is 0 Å². The maximum Gasteiger partial charge on any atom is 0.253 e. The molecule has 1 atom stereocenters. The minimum atomic E-state index is -0.541. The molecule has 94 valence electrons. The molecular weight excluding hydrogens is 221 g/mol. The lowest BCUT2D eigenvalue weighted by atomic mass is 10.2. The summed E-state index contributed by atoms with van der Waals surface area (Å²) in [6.07, 6.45) is -0.541. The van der Waals surface area contributed by atoms with E-state index in [0.717, 1.165) is 0 Å².